The second-order valence-electron chi connectivity index (χ2n) is 6.04. The maximum absolute atomic E-state index is 3.52. The fourth-order valence-corrected chi connectivity index (χ4v) is 3.23. The zero-order valence-electron chi connectivity index (χ0n) is 12.5. The number of piperidine rings is 1. The van der Waals surface area contributed by atoms with E-state index < -0.39 is 0 Å². The Morgan fingerprint density at radius 2 is 1.55 bits per heavy atom. The monoisotopic (exact) mass is 274 g/mol. The van der Waals surface area contributed by atoms with Gasteiger partial charge in [-0.15, -0.1) is 0 Å². The van der Waals surface area contributed by atoms with E-state index in [1.54, 1.807) is 0 Å². The maximum atomic E-state index is 3.52. The van der Waals surface area contributed by atoms with Crippen LogP contribution in [0.4, 0.5) is 5.69 Å². The lowest BCUT2D eigenvalue weighted by Crippen LogP contribution is -2.52. The lowest BCUT2D eigenvalue weighted by Gasteiger charge is -2.42. The Bertz CT molecular complexity index is 392. The number of piperazine rings is 1. The number of benzene rings is 1. The van der Waals surface area contributed by atoms with Crippen molar-refractivity contribution in [3.05, 3.63) is 30.3 Å². The third kappa shape index (κ3) is 3.51. The Kier molecular flexibility index (Phi) is 4.55. The number of rotatable bonds is 3. The highest BCUT2D eigenvalue weighted by Crippen LogP contribution is 2.19. The van der Waals surface area contributed by atoms with Gasteiger partial charge in [0.25, 0.3) is 0 Å². The lowest BCUT2D eigenvalue weighted by molar-refractivity contribution is 0.0739. The Morgan fingerprint density at radius 1 is 0.900 bits per heavy atom. The van der Waals surface area contributed by atoms with E-state index in [0.29, 0.717) is 0 Å². The quantitative estimate of drug-likeness (QED) is 0.906. The van der Waals surface area contributed by atoms with Gasteiger partial charge in [-0.25, -0.2) is 5.01 Å². The van der Waals surface area contributed by atoms with Crippen LogP contribution in [0.5, 0.6) is 0 Å². The molecule has 0 bridgehead atoms. The molecule has 20 heavy (non-hydrogen) atoms. The molecule has 4 nitrogen and oxygen atoms in total. The molecule has 4 heteroatoms. The average molecular weight is 274 g/mol. The summed E-state index contributed by atoms with van der Waals surface area (Å²) in [7, 11) is 2.23. The molecule has 0 aromatic heterocycles. The van der Waals surface area contributed by atoms with E-state index in [2.05, 4.69) is 57.6 Å². The zero-order chi connectivity index (χ0) is 13.8. The molecule has 0 atom stereocenters. The van der Waals surface area contributed by atoms with Gasteiger partial charge in [-0.1, -0.05) is 18.2 Å². The number of likely N-dealkylation sites (N-methyl/N-ethyl adjacent to an activating group) is 1. The standard InChI is InChI=1S/C16H26N4/c1-18-11-13-19(14-12-18)16-7-9-20(10-8-16)17-15-5-3-2-4-6-15/h2-6,16-17H,7-14H2,1H3. The van der Waals surface area contributed by atoms with Gasteiger partial charge >= 0.3 is 0 Å². The first-order chi connectivity index (χ1) is 9.81. The number of nitrogens with zero attached hydrogens (tertiary/aromatic N) is 3. The van der Waals surface area contributed by atoms with Crippen LogP contribution in [0.15, 0.2) is 30.3 Å². The van der Waals surface area contributed by atoms with Crippen molar-refractivity contribution in [2.75, 3.05) is 51.7 Å². The van der Waals surface area contributed by atoms with Crippen LogP contribution < -0.4 is 5.43 Å². The van der Waals surface area contributed by atoms with E-state index in [1.165, 1.54) is 44.7 Å². The molecule has 0 saturated carbocycles. The molecule has 1 aromatic rings. The summed E-state index contributed by atoms with van der Waals surface area (Å²) in [6, 6.07) is 11.3. The number of hydrazine groups is 1. The summed E-state index contributed by atoms with van der Waals surface area (Å²) in [6.45, 7) is 7.23. The molecule has 2 heterocycles. The van der Waals surface area contributed by atoms with Gasteiger partial charge in [0, 0.05) is 51.0 Å². The van der Waals surface area contributed by atoms with Gasteiger partial charge in [-0.3, -0.25) is 4.90 Å². The van der Waals surface area contributed by atoms with Crippen LogP contribution in [0.1, 0.15) is 12.8 Å². The smallest absolute Gasteiger partial charge is 0.0490 e. The van der Waals surface area contributed by atoms with Crippen LogP contribution in [0.3, 0.4) is 0 Å². The van der Waals surface area contributed by atoms with Crippen molar-refractivity contribution in [2.24, 2.45) is 0 Å². The Hall–Kier alpha value is -1.10. The summed E-state index contributed by atoms with van der Waals surface area (Å²) < 4.78 is 0. The molecule has 2 aliphatic rings. The van der Waals surface area contributed by atoms with E-state index in [1.807, 2.05) is 0 Å². The molecule has 3 rings (SSSR count). The van der Waals surface area contributed by atoms with Crippen molar-refractivity contribution < 1.29 is 0 Å². The summed E-state index contributed by atoms with van der Waals surface area (Å²) in [5, 5.41) is 2.36. The minimum absolute atomic E-state index is 0.789. The second kappa shape index (κ2) is 6.57. The lowest BCUT2D eigenvalue weighted by atomic mass is 10.0. The van der Waals surface area contributed by atoms with Crippen molar-refractivity contribution in [3.63, 3.8) is 0 Å². The molecule has 2 aliphatic heterocycles. The molecule has 1 N–H and O–H groups in total. The van der Waals surface area contributed by atoms with Crippen molar-refractivity contribution in [2.45, 2.75) is 18.9 Å². The third-order valence-electron chi connectivity index (χ3n) is 4.58. The molecule has 0 spiro atoms. The molecule has 1 aromatic carbocycles. The van der Waals surface area contributed by atoms with E-state index in [0.717, 1.165) is 19.1 Å². The Morgan fingerprint density at radius 3 is 2.20 bits per heavy atom. The van der Waals surface area contributed by atoms with Gasteiger partial charge in [0.2, 0.25) is 0 Å². The second-order valence-corrected chi connectivity index (χ2v) is 6.04. The van der Waals surface area contributed by atoms with E-state index in [-0.39, 0.29) is 0 Å². The minimum atomic E-state index is 0.789. The molecule has 2 saturated heterocycles. The van der Waals surface area contributed by atoms with Gasteiger partial charge in [-0.05, 0) is 32.0 Å². The SMILES string of the molecule is CN1CCN(C2CCN(Nc3ccccc3)CC2)CC1. The van der Waals surface area contributed by atoms with Gasteiger partial charge in [-0.2, -0.15) is 0 Å². The molecule has 110 valence electrons. The van der Waals surface area contributed by atoms with Gasteiger partial charge in [0.15, 0.2) is 0 Å². The van der Waals surface area contributed by atoms with Crippen LogP contribution >= 0.6 is 0 Å². The van der Waals surface area contributed by atoms with Crippen molar-refractivity contribution >= 4 is 5.69 Å². The predicted octanol–water partition coefficient (Wildman–Crippen LogP) is 1.73. The molecule has 0 radical (unpaired) electrons. The van der Waals surface area contributed by atoms with Crippen molar-refractivity contribution in [3.8, 4) is 0 Å². The van der Waals surface area contributed by atoms with Crippen LogP contribution in [0.2, 0.25) is 0 Å². The molecular weight excluding hydrogens is 248 g/mol. The van der Waals surface area contributed by atoms with Crippen LogP contribution in [0.25, 0.3) is 0 Å². The number of hydrogen-bond acceptors (Lipinski definition) is 4. The van der Waals surface area contributed by atoms with Gasteiger partial charge in [0.05, 0.1) is 0 Å². The van der Waals surface area contributed by atoms with Crippen LogP contribution in [-0.4, -0.2) is 67.2 Å². The summed E-state index contributed by atoms with van der Waals surface area (Å²) in [4.78, 5) is 5.13. The molecule has 2 fully saturated rings. The molecule has 0 amide bonds. The van der Waals surface area contributed by atoms with Crippen LogP contribution in [0, 0.1) is 0 Å². The van der Waals surface area contributed by atoms with Crippen molar-refractivity contribution in [1.29, 1.82) is 0 Å². The molecule has 0 aliphatic carbocycles. The number of hydrogen-bond donors (Lipinski definition) is 1. The van der Waals surface area contributed by atoms with Gasteiger partial charge < -0.3 is 10.3 Å². The largest absolute Gasteiger partial charge is 0.319 e. The average Bonchev–Trinajstić information content (AvgIpc) is 2.50. The topological polar surface area (TPSA) is 21.8 Å². The summed E-state index contributed by atoms with van der Waals surface area (Å²) in [5.41, 5.74) is 4.72. The molecule has 0 unspecified atom stereocenters. The van der Waals surface area contributed by atoms with Gasteiger partial charge in [0.1, 0.15) is 0 Å². The summed E-state index contributed by atoms with van der Waals surface area (Å²) >= 11 is 0. The first-order valence-corrected chi connectivity index (χ1v) is 7.80. The number of nitrogens with one attached hydrogen (secondary N) is 1. The minimum Gasteiger partial charge on any atom is -0.319 e. The first kappa shape index (κ1) is 13.9. The number of anilines is 1. The highest BCUT2D eigenvalue weighted by atomic mass is 15.5. The molecular formula is C16H26N4. The summed E-state index contributed by atoms with van der Waals surface area (Å²) in [5.74, 6) is 0. The van der Waals surface area contributed by atoms with Crippen LogP contribution in [-0.2, 0) is 0 Å². The van der Waals surface area contributed by atoms with E-state index in [4.69, 9.17) is 0 Å². The van der Waals surface area contributed by atoms with Crippen molar-refractivity contribution in [1.82, 2.24) is 14.8 Å². The Labute approximate surface area is 122 Å². The predicted molar refractivity (Wildman–Crippen MR) is 83.7 cm³/mol. The maximum Gasteiger partial charge on any atom is 0.0490 e. The van der Waals surface area contributed by atoms with E-state index >= 15 is 0 Å². The third-order valence-corrected chi connectivity index (χ3v) is 4.58. The number of para-hydroxylation sites is 1. The van der Waals surface area contributed by atoms with E-state index in [9.17, 15) is 0 Å². The Balaban J connectivity index is 1.45. The first-order valence-electron chi connectivity index (χ1n) is 7.80. The fraction of sp³-hybridized carbons (Fsp3) is 0.625. The fourth-order valence-electron chi connectivity index (χ4n) is 3.23. The summed E-state index contributed by atoms with van der Waals surface area (Å²) in [6.07, 6.45) is 2.56. The normalized spacial score (nSPS) is 23.9. The zero-order valence-corrected chi connectivity index (χ0v) is 12.5. The highest BCUT2D eigenvalue weighted by Gasteiger charge is 2.26. The highest BCUT2D eigenvalue weighted by molar-refractivity contribution is 5.41.